The summed E-state index contributed by atoms with van der Waals surface area (Å²) in [5, 5.41) is 3.41. The zero-order chi connectivity index (χ0) is 19.6. The third kappa shape index (κ3) is 5.96. The van der Waals surface area contributed by atoms with Crippen molar-refractivity contribution < 1.29 is 14.3 Å². The van der Waals surface area contributed by atoms with E-state index in [1.165, 1.54) is 0 Å². The van der Waals surface area contributed by atoms with Crippen LogP contribution < -0.4 is 14.8 Å². The molecule has 0 spiro atoms. The van der Waals surface area contributed by atoms with Gasteiger partial charge < -0.3 is 19.7 Å². The van der Waals surface area contributed by atoms with Gasteiger partial charge in [-0.3, -0.25) is 9.78 Å². The van der Waals surface area contributed by atoms with E-state index >= 15 is 0 Å². The van der Waals surface area contributed by atoms with E-state index < -0.39 is 0 Å². The summed E-state index contributed by atoms with van der Waals surface area (Å²) in [5.74, 6) is 1.45. The topological polar surface area (TPSA) is 63.7 Å². The summed E-state index contributed by atoms with van der Waals surface area (Å²) in [6.45, 7) is 5.03. The predicted molar refractivity (Wildman–Crippen MR) is 108 cm³/mol. The molecule has 6 heteroatoms. The average Bonchev–Trinajstić information content (AvgIpc) is 3.02. The predicted octanol–water partition coefficient (Wildman–Crippen LogP) is 3.03. The van der Waals surface area contributed by atoms with Crippen LogP contribution in [-0.2, 0) is 11.3 Å². The van der Waals surface area contributed by atoms with E-state index in [1.807, 2.05) is 54.3 Å². The second kappa shape index (κ2) is 10.7. The molecule has 28 heavy (non-hydrogen) atoms. The molecular formula is C22H29N3O3. The molecule has 1 unspecified atom stereocenters. The quantitative estimate of drug-likeness (QED) is 0.759. The highest BCUT2D eigenvalue weighted by atomic mass is 16.5. The van der Waals surface area contributed by atoms with E-state index in [0.717, 1.165) is 43.8 Å². The first-order chi connectivity index (χ1) is 13.8. The lowest BCUT2D eigenvalue weighted by atomic mass is 10.1. The first-order valence-corrected chi connectivity index (χ1v) is 10.0. The van der Waals surface area contributed by atoms with Gasteiger partial charge >= 0.3 is 0 Å². The SMILES string of the molecule is CCOc1ccc(OCC(=O)N(Cc2ccccn2)C2CCCNCC2)cc1. The molecule has 1 aromatic carbocycles. The largest absolute Gasteiger partial charge is 0.494 e. The smallest absolute Gasteiger partial charge is 0.261 e. The van der Waals surface area contributed by atoms with E-state index in [1.54, 1.807) is 6.20 Å². The number of ether oxygens (including phenoxy) is 2. The number of carbonyl (C=O) groups is 1. The Kier molecular flexibility index (Phi) is 7.67. The van der Waals surface area contributed by atoms with Crippen molar-refractivity contribution in [1.29, 1.82) is 0 Å². The Labute approximate surface area is 166 Å². The number of rotatable bonds is 8. The molecule has 1 aliphatic rings. The molecule has 2 heterocycles. The Morgan fingerprint density at radius 3 is 2.61 bits per heavy atom. The molecular weight excluding hydrogens is 354 g/mol. The number of hydrogen-bond donors (Lipinski definition) is 1. The van der Waals surface area contributed by atoms with Gasteiger partial charge in [0.2, 0.25) is 0 Å². The fourth-order valence-electron chi connectivity index (χ4n) is 3.43. The van der Waals surface area contributed by atoms with Crippen molar-refractivity contribution in [2.75, 3.05) is 26.3 Å². The summed E-state index contributed by atoms with van der Waals surface area (Å²) < 4.78 is 11.2. The number of benzene rings is 1. The minimum Gasteiger partial charge on any atom is -0.494 e. The molecule has 0 saturated carbocycles. The zero-order valence-corrected chi connectivity index (χ0v) is 16.5. The molecule has 1 N–H and O–H groups in total. The molecule has 6 nitrogen and oxygen atoms in total. The average molecular weight is 383 g/mol. The highest BCUT2D eigenvalue weighted by molar-refractivity contribution is 5.78. The summed E-state index contributed by atoms with van der Waals surface area (Å²) >= 11 is 0. The van der Waals surface area contributed by atoms with Gasteiger partial charge in [0.15, 0.2) is 6.61 Å². The van der Waals surface area contributed by atoms with Gasteiger partial charge in [-0.05, 0) is 75.7 Å². The van der Waals surface area contributed by atoms with Crippen molar-refractivity contribution in [3.05, 3.63) is 54.4 Å². The lowest BCUT2D eigenvalue weighted by Crippen LogP contribution is -2.43. The van der Waals surface area contributed by atoms with Gasteiger partial charge in [0.25, 0.3) is 5.91 Å². The lowest BCUT2D eigenvalue weighted by Gasteiger charge is -2.31. The maximum Gasteiger partial charge on any atom is 0.261 e. The Bertz CT molecular complexity index is 714. The van der Waals surface area contributed by atoms with Crippen molar-refractivity contribution >= 4 is 5.91 Å². The fourth-order valence-corrected chi connectivity index (χ4v) is 3.43. The Hall–Kier alpha value is -2.60. The second-order valence-corrected chi connectivity index (χ2v) is 6.87. The number of amides is 1. The van der Waals surface area contributed by atoms with Crippen LogP contribution in [-0.4, -0.2) is 48.1 Å². The Morgan fingerprint density at radius 1 is 1.11 bits per heavy atom. The number of hydrogen-bond acceptors (Lipinski definition) is 5. The normalized spacial score (nSPS) is 16.8. The van der Waals surface area contributed by atoms with Crippen LogP contribution in [0, 0.1) is 0 Å². The summed E-state index contributed by atoms with van der Waals surface area (Å²) in [6, 6.07) is 13.4. The highest BCUT2D eigenvalue weighted by Gasteiger charge is 2.25. The van der Waals surface area contributed by atoms with Gasteiger partial charge in [-0.2, -0.15) is 0 Å². The van der Waals surface area contributed by atoms with E-state index in [4.69, 9.17) is 9.47 Å². The van der Waals surface area contributed by atoms with Crippen LogP contribution in [0.4, 0.5) is 0 Å². The Morgan fingerprint density at radius 2 is 1.89 bits per heavy atom. The maximum atomic E-state index is 13.0. The van der Waals surface area contributed by atoms with E-state index in [0.29, 0.717) is 18.9 Å². The van der Waals surface area contributed by atoms with Gasteiger partial charge in [-0.25, -0.2) is 0 Å². The molecule has 0 aliphatic carbocycles. The first-order valence-electron chi connectivity index (χ1n) is 10.0. The van der Waals surface area contributed by atoms with Gasteiger partial charge in [-0.1, -0.05) is 6.07 Å². The minimum atomic E-state index is -0.00793. The van der Waals surface area contributed by atoms with Gasteiger partial charge in [-0.15, -0.1) is 0 Å². The zero-order valence-electron chi connectivity index (χ0n) is 16.5. The van der Waals surface area contributed by atoms with Gasteiger partial charge in [0, 0.05) is 12.2 Å². The number of carbonyl (C=O) groups excluding carboxylic acids is 1. The molecule has 0 radical (unpaired) electrons. The monoisotopic (exact) mass is 383 g/mol. The third-order valence-electron chi connectivity index (χ3n) is 4.86. The van der Waals surface area contributed by atoms with E-state index in [9.17, 15) is 4.79 Å². The molecule has 1 aliphatic heterocycles. The van der Waals surface area contributed by atoms with Gasteiger partial charge in [0.05, 0.1) is 18.8 Å². The van der Waals surface area contributed by atoms with Crippen molar-refractivity contribution in [2.45, 2.75) is 38.8 Å². The molecule has 0 bridgehead atoms. The number of nitrogens with one attached hydrogen (secondary N) is 1. The molecule has 150 valence electrons. The molecule has 2 aromatic rings. The number of pyridine rings is 1. The van der Waals surface area contributed by atoms with Crippen molar-refractivity contribution in [2.24, 2.45) is 0 Å². The van der Waals surface area contributed by atoms with Crippen LogP contribution >= 0.6 is 0 Å². The maximum absolute atomic E-state index is 13.0. The standard InChI is InChI=1S/C22H29N3O3/c1-2-27-20-8-10-21(11-9-20)28-17-22(26)25(16-18-6-3-4-14-24-18)19-7-5-13-23-15-12-19/h3-4,6,8-11,14,19,23H,2,5,7,12-13,15-17H2,1H3. The van der Waals surface area contributed by atoms with Crippen LogP contribution in [0.1, 0.15) is 31.9 Å². The number of nitrogens with zero attached hydrogens (tertiary/aromatic N) is 2. The van der Waals surface area contributed by atoms with Crippen LogP contribution in [0.3, 0.4) is 0 Å². The molecule has 1 fully saturated rings. The molecule has 1 aromatic heterocycles. The van der Waals surface area contributed by atoms with Crippen molar-refractivity contribution in [3.8, 4) is 11.5 Å². The third-order valence-corrected chi connectivity index (χ3v) is 4.86. The molecule has 1 atom stereocenters. The van der Waals surface area contributed by atoms with Crippen molar-refractivity contribution in [1.82, 2.24) is 15.2 Å². The fraction of sp³-hybridized carbons (Fsp3) is 0.455. The van der Waals surface area contributed by atoms with E-state index in [-0.39, 0.29) is 18.6 Å². The molecule has 1 saturated heterocycles. The van der Waals surface area contributed by atoms with Gasteiger partial charge in [0.1, 0.15) is 11.5 Å². The summed E-state index contributed by atoms with van der Waals surface area (Å²) in [5.41, 5.74) is 0.897. The number of aromatic nitrogens is 1. The van der Waals surface area contributed by atoms with Crippen molar-refractivity contribution in [3.63, 3.8) is 0 Å². The highest BCUT2D eigenvalue weighted by Crippen LogP contribution is 2.19. The second-order valence-electron chi connectivity index (χ2n) is 6.87. The summed E-state index contributed by atoms with van der Waals surface area (Å²) in [6.07, 6.45) is 4.77. The summed E-state index contributed by atoms with van der Waals surface area (Å²) in [7, 11) is 0. The van der Waals surface area contributed by atoms with Crippen LogP contribution in [0.2, 0.25) is 0 Å². The van der Waals surface area contributed by atoms with Crippen LogP contribution in [0.25, 0.3) is 0 Å². The van der Waals surface area contributed by atoms with Crippen LogP contribution in [0.15, 0.2) is 48.7 Å². The minimum absolute atomic E-state index is 0.00793. The lowest BCUT2D eigenvalue weighted by molar-refractivity contribution is -0.136. The van der Waals surface area contributed by atoms with Crippen LogP contribution in [0.5, 0.6) is 11.5 Å². The summed E-state index contributed by atoms with van der Waals surface area (Å²) in [4.78, 5) is 19.4. The first kappa shape index (κ1) is 20.1. The molecule has 1 amide bonds. The van der Waals surface area contributed by atoms with E-state index in [2.05, 4.69) is 10.3 Å². The molecule has 3 rings (SSSR count). The Balaban J connectivity index is 1.64.